The zero-order valence-corrected chi connectivity index (χ0v) is 13.2. The Morgan fingerprint density at radius 3 is 2.78 bits per heavy atom. The van der Waals surface area contributed by atoms with Gasteiger partial charge >= 0.3 is 0 Å². The van der Waals surface area contributed by atoms with E-state index in [0.717, 1.165) is 4.88 Å². The zero-order valence-electron chi connectivity index (χ0n) is 12.4. The van der Waals surface area contributed by atoms with Crippen LogP contribution in [0, 0.1) is 0 Å². The first kappa shape index (κ1) is 15.1. The van der Waals surface area contributed by atoms with Gasteiger partial charge < -0.3 is 0 Å². The van der Waals surface area contributed by atoms with E-state index in [1.54, 1.807) is 37.4 Å². The standard InChI is InChI=1S/C16H14N4O2S/c1-2-20-16(22)13-8-4-3-7-12(13)14(19-20)15(21)18-17-10-11-6-5-9-23-11/h3-10H,2H2,1H3,(H,18,21)/b17-10+. The Bertz CT molecular complexity index is 929. The molecule has 0 aliphatic rings. The van der Waals surface area contributed by atoms with E-state index < -0.39 is 5.91 Å². The molecule has 0 unspecified atom stereocenters. The Balaban J connectivity index is 1.97. The fourth-order valence-electron chi connectivity index (χ4n) is 2.19. The Hall–Kier alpha value is -2.80. The fourth-order valence-corrected chi connectivity index (χ4v) is 2.77. The van der Waals surface area contributed by atoms with Crippen LogP contribution in [0.4, 0.5) is 0 Å². The number of hydrazone groups is 1. The van der Waals surface area contributed by atoms with Crippen LogP contribution < -0.4 is 11.0 Å². The molecule has 0 aliphatic carbocycles. The number of hydrogen-bond donors (Lipinski definition) is 1. The number of aryl methyl sites for hydroxylation is 1. The molecular weight excluding hydrogens is 312 g/mol. The highest BCUT2D eigenvalue weighted by molar-refractivity contribution is 7.11. The Labute approximate surface area is 136 Å². The topological polar surface area (TPSA) is 76.3 Å². The van der Waals surface area contributed by atoms with Gasteiger partial charge in [-0.3, -0.25) is 9.59 Å². The largest absolute Gasteiger partial charge is 0.292 e. The fraction of sp³-hybridized carbons (Fsp3) is 0.125. The number of rotatable bonds is 4. The van der Waals surface area contributed by atoms with Gasteiger partial charge in [0.1, 0.15) is 0 Å². The molecule has 6 nitrogen and oxygen atoms in total. The van der Waals surface area contributed by atoms with Crippen molar-refractivity contribution >= 4 is 34.2 Å². The summed E-state index contributed by atoms with van der Waals surface area (Å²) in [6.07, 6.45) is 1.57. The van der Waals surface area contributed by atoms with Crippen LogP contribution >= 0.6 is 11.3 Å². The van der Waals surface area contributed by atoms with Crippen molar-refractivity contribution in [2.24, 2.45) is 5.10 Å². The summed E-state index contributed by atoms with van der Waals surface area (Å²) < 4.78 is 1.28. The second-order valence-corrected chi connectivity index (χ2v) is 5.71. The van der Waals surface area contributed by atoms with Crippen LogP contribution in [0.15, 0.2) is 51.7 Å². The minimum atomic E-state index is -0.448. The minimum absolute atomic E-state index is 0.186. The Morgan fingerprint density at radius 2 is 2.09 bits per heavy atom. The number of carbonyl (C=O) groups is 1. The van der Waals surface area contributed by atoms with Gasteiger partial charge in [-0.25, -0.2) is 10.1 Å². The third-order valence-electron chi connectivity index (χ3n) is 3.28. The molecule has 116 valence electrons. The summed E-state index contributed by atoms with van der Waals surface area (Å²) in [5.74, 6) is -0.448. The Morgan fingerprint density at radius 1 is 1.30 bits per heavy atom. The quantitative estimate of drug-likeness (QED) is 0.590. The van der Waals surface area contributed by atoms with Crippen LogP contribution in [0.25, 0.3) is 10.8 Å². The molecule has 2 heterocycles. The van der Waals surface area contributed by atoms with Crippen LogP contribution in [0.3, 0.4) is 0 Å². The highest BCUT2D eigenvalue weighted by atomic mass is 32.1. The van der Waals surface area contributed by atoms with E-state index in [9.17, 15) is 9.59 Å². The number of hydrogen-bond acceptors (Lipinski definition) is 5. The first-order valence-corrected chi connectivity index (χ1v) is 7.95. The number of nitrogens with zero attached hydrogens (tertiary/aromatic N) is 3. The lowest BCUT2D eigenvalue weighted by molar-refractivity contribution is 0.0949. The average Bonchev–Trinajstić information content (AvgIpc) is 3.09. The normalized spacial score (nSPS) is 11.2. The highest BCUT2D eigenvalue weighted by Crippen LogP contribution is 2.13. The zero-order chi connectivity index (χ0) is 16.2. The van der Waals surface area contributed by atoms with Gasteiger partial charge in [0.15, 0.2) is 5.69 Å². The molecule has 1 amide bonds. The van der Waals surface area contributed by atoms with Crippen LogP contribution in [-0.4, -0.2) is 21.9 Å². The minimum Gasteiger partial charge on any atom is -0.267 e. The van der Waals surface area contributed by atoms with Crippen molar-refractivity contribution in [3.63, 3.8) is 0 Å². The predicted octanol–water partition coefficient (Wildman–Crippen LogP) is 2.24. The molecule has 0 atom stereocenters. The van der Waals surface area contributed by atoms with Gasteiger partial charge in [-0.1, -0.05) is 24.3 Å². The summed E-state index contributed by atoms with van der Waals surface area (Å²) in [4.78, 5) is 25.5. The molecule has 0 fully saturated rings. The van der Waals surface area contributed by atoms with Gasteiger partial charge in [0.2, 0.25) is 0 Å². The molecule has 0 saturated carbocycles. The molecule has 3 rings (SSSR count). The summed E-state index contributed by atoms with van der Waals surface area (Å²) in [5.41, 5.74) is 2.44. The van der Waals surface area contributed by atoms with Crippen molar-refractivity contribution in [3.05, 3.63) is 62.7 Å². The average molecular weight is 326 g/mol. The van der Waals surface area contributed by atoms with E-state index in [1.807, 2.05) is 17.5 Å². The smallest absolute Gasteiger partial charge is 0.267 e. The number of amides is 1. The third-order valence-corrected chi connectivity index (χ3v) is 4.09. The predicted molar refractivity (Wildman–Crippen MR) is 91.1 cm³/mol. The molecule has 23 heavy (non-hydrogen) atoms. The molecule has 1 aromatic carbocycles. The van der Waals surface area contributed by atoms with Crippen LogP contribution in [0.5, 0.6) is 0 Å². The monoisotopic (exact) mass is 326 g/mol. The summed E-state index contributed by atoms with van der Waals surface area (Å²) in [5, 5.41) is 11.0. The maximum atomic E-state index is 12.4. The molecule has 1 N–H and O–H groups in total. The van der Waals surface area contributed by atoms with Crippen LogP contribution in [0.2, 0.25) is 0 Å². The number of nitrogens with one attached hydrogen (secondary N) is 1. The van der Waals surface area contributed by atoms with E-state index in [2.05, 4.69) is 15.6 Å². The lowest BCUT2D eigenvalue weighted by atomic mass is 10.1. The van der Waals surface area contributed by atoms with E-state index in [4.69, 9.17) is 0 Å². The van der Waals surface area contributed by atoms with E-state index in [1.165, 1.54) is 16.0 Å². The molecule has 0 aliphatic heterocycles. The van der Waals surface area contributed by atoms with Crippen molar-refractivity contribution < 1.29 is 4.79 Å². The van der Waals surface area contributed by atoms with Gasteiger partial charge in [-0.2, -0.15) is 10.2 Å². The van der Waals surface area contributed by atoms with Crippen LogP contribution in [-0.2, 0) is 6.54 Å². The molecule has 0 bridgehead atoms. The van der Waals surface area contributed by atoms with Gasteiger partial charge in [-0.05, 0) is 24.4 Å². The van der Waals surface area contributed by atoms with Gasteiger partial charge in [0.25, 0.3) is 11.5 Å². The number of aromatic nitrogens is 2. The summed E-state index contributed by atoms with van der Waals surface area (Å²) in [6.45, 7) is 2.20. The molecule has 0 spiro atoms. The molecule has 7 heteroatoms. The van der Waals surface area contributed by atoms with E-state index >= 15 is 0 Å². The summed E-state index contributed by atoms with van der Waals surface area (Å²) in [7, 11) is 0. The lowest BCUT2D eigenvalue weighted by Crippen LogP contribution is -2.28. The molecule has 2 aromatic heterocycles. The first-order valence-electron chi connectivity index (χ1n) is 7.07. The van der Waals surface area contributed by atoms with Crippen molar-refractivity contribution in [2.75, 3.05) is 0 Å². The maximum Gasteiger partial charge on any atom is 0.292 e. The lowest BCUT2D eigenvalue weighted by Gasteiger charge is -2.08. The number of benzene rings is 1. The third kappa shape index (κ3) is 3.04. The first-order chi connectivity index (χ1) is 11.2. The highest BCUT2D eigenvalue weighted by Gasteiger charge is 2.15. The van der Waals surface area contributed by atoms with Crippen molar-refractivity contribution in [3.8, 4) is 0 Å². The van der Waals surface area contributed by atoms with E-state index in [0.29, 0.717) is 17.3 Å². The van der Waals surface area contributed by atoms with E-state index in [-0.39, 0.29) is 11.3 Å². The second-order valence-electron chi connectivity index (χ2n) is 4.73. The molecular formula is C16H14N4O2S. The SMILES string of the molecule is CCn1nc(C(=O)N/N=C/c2cccs2)c2ccccc2c1=O. The van der Waals surface area contributed by atoms with Gasteiger partial charge in [0.05, 0.1) is 11.6 Å². The Kier molecular flexibility index (Phi) is 4.29. The molecule has 0 saturated heterocycles. The van der Waals surface area contributed by atoms with Crippen LogP contribution in [0.1, 0.15) is 22.3 Å². The van der Waals surface area contributed by atoms with Gasteiger partial charge in [0, 0.05) is 16.8 Å². The molecule has 3 aromatic rings. The maximum absolute atomic E-state index is 12.4. The second kappa shape index (κ2) is 6.53. The number of carbonyl (C=O) groups excluding carboxylic acids is 1. The summed E-state index contributed by atoms with van der Waals surface area (Å²) >= 11 is 1.52. The number of fused-ring (bicyclic) bond motifs is 1. The number of thiophene rings is 1. The summed E-state index contributed by atoms with van der Waals surface area (Å²) in [6, 6.07) is 10.7. The van der Waals surface area contributed by atoms with Crippen molar-refractivity contribution in [1.29, 1.82) is 0 Å². The molecule has 0 radical (unpaired) electrons. The van der Waals surface area contributed by atoms with Gasteiger partial charge in [-0.15, -0.1) is 11.3 Å². The van der Waals surface area contributed by atoms with Crippen molar-refractivity contribution in [1.82, 2.24) is 15.2 Å². The van der Waals surface area contributed by atoms with Crippen molar-refractivity contribution in [2.45, 2.75) is 13.5 Å².